The van der Waals surface area contributed by atoms with Gasteiger partial charge in [0.2, 0.25) is 0 Å². The Hall–Kier alpha value is -6.26. The van der Waals surface area contributed by atoms with Gasteiger partial charge < -0.3 is 0 Å². The van der Waals surface area contributed by atoms with Crippen molar-refractivity contribution in [1.29, 1.82) is 10.5 Å². The van der Waals surface area contributed by atoms with Gasteiger partial charge in [0.05, 0.1) is 22.3 Å². The van der Waals surface area contributed by atoms with Crippen molar-refractivity contribution in [3.05, 3.63) is 166 Å². The zero-order chi connectivity index (χ0) is 35.0. The predicted molar refractivity (Wildman–Crippen MR) is 167 cm³/mol. The molecule has 0 N–H and O–H groups in total. The first-order valence-electron chi connectivity index (χ1n) is 14.4. The van der Waals surface area contributed by atoms with E-state index in [9.17, 15) is 8.78 Å². The quantitative estimate of drug-likeness (QED) is 0.166. The molecular formula is C39H18F8N2. The number of nitriles is 2. The molecule has 0 bridgehead atoms. The smallest absolute Gasteiger partial charge is 0.141 e. The minimum atomic E-state index is -1.07. The van der Waals surface area contributed by atoms with Gasteiger partial charge in [-0.25, -0.2) is 35.1 Å². The topological polar surface area (TPSA) is 47.6 Å². The molecule has 6 rings (SSSR count). The van der Waals surface area contributed by atoms with Crippen LogP contribution < -0.4 is 0 Å². The zero-order valence-electron chi connectivity index (χ0n) is 24.9. The summed E-state index contributed by atoms with van der Waals surface area (Å²) in [5, 5.41) is 17.8. The largest absolute Gasteiger partial charge is 0.206 e. The number of hydrogen-bond acceptors (Lipinski definition) is 2. The van der Waals surface area contributed by atoms with E-state index in [1.807, 2.05) is 0 Å². The Bertz CT molecular complexity index is 2180. The molecule has 0 spiro atoms. The minimum Gasteiger partial charge on any atom is -0.206 e. The molecule has 0 fully saturated rings. The van der Waals surface area contributed by atoms with Gasteiger partial charge in [0.1, 0.15) is 58.7 Å². The van der Waals surface area contributed by atoms with Crippen LogP contribution in [0.25, 0.3) is 44.5 Å². The van der Waals surface area contributed by atoms with Gasteiger partial charge in [0.25, 0.3) is 0 Å². The summed E-state index contributed by atoms with van der Waals surface area (Å²) >= 11 is 0. The molecule has 0 aliphatic carbocycles. The van der Waals surface area contributed by atoms with E-state index in [1.165, 1.54) is 36.4 Å². The number of hydrogen-bond donors (Lipinski definition) is 0. The Morgan fingerprint density at radius 3 is 1.02 bits per heavy atom. The summed E-state index contributed by atoms with van der Waals surface area (Å²) in [6.07, 6.45) is 0.0340. The molecule has 0 amide bonds. The minimum absolute atomic E-state index is 0.0340. The first-order chi connectivity index (χ1) is 23.5. The molecule has 0 radical (unpaired) electrons. The lowest BCUT2D eigenvalue weighted by Gasteiger charge is -2.12. The Balaban J connectivity index is 1.23. The van der Waals surface area contributed by atoms with Gasteiger partial charge in [-0.05, 0) is 100 Å². The highest BCUT2D eigenvalue weighted by Gasteiger charge is 2.20. The Morgan fingerprint density at radius 1 is 0.367 bits per heavy atom. The summed E-state index contributed by atoms with van der Waals surface area (Å²) in [6.45, 7) is 0. The van der Waals surface area contributed by atoms with Crippen LogP contribution in [0.4, 0.5) is 35.1 Å². The van der Waals surface area contributed by atoms with Crippen LogP contribution in [0.2, 0.25) is 0 Å². The van der Waals surface area contributed by atoms with Crippen LogP contribution >= 0.6 is 0 Å². The van der Waals surface area contributed by atoms with Crippen LogP contribution in [-0.2, 0) is 6.42 Å². The van der Waals surface area contributed by atoms with Crippen molar-refractivity contribution in [1.82, 2.24) is 0 Å². The second-order valence-electron chi connectivity index (χ2n) is 11.0. The van der Waals surface area contributed by atoms with Crippen molar-refractivity contribution >= 4 is 0 Å². The van der Waals surface area contributed by atoms with Crippen molar-refractivity contribution in [3.63, 3.8) is 0 Å². The number of halogens is 8. The highest BCUT2D eigenvalue weighted by Crippen LogP contribution is 2.35. The Morgan fingerprint density at radius 2 is 0.714 bits per heavy atom. The van der Waals surface area contributed by atoms with Gasteiger partial charge in [-0.3, -0.25) is 0 Å². The molecule has 0 heterocycles. The van der Waals surface area contributed by atoms with E-state index in [4.69, 9.17) is 10.5 Å². The van der Waals surface area contributed by atoms with E-state index >= 15 is 26.3 Å². The highest BCUT2D eigenvalue weighted by molar-refractivity contribution is 5.74. The lowest BCUT2D eigenvalue weighted by atomic mass is 9.95. The number of rotatable bonds is 6. The van der Waals surface area contributed by atoms with E-state index in [1.54, 1.807) is 12.1 Å². The van der Waals surface area contributed by atoms with Crippen LogP contribution in [0, 0.1) is 69.2 Å². The van der Waals surface area contributed by atoms with Crippen molar-refractivity contribution < 1.29 is 35.1 Å². The molecule has 0 aliphatic heterocycles. The molecule has 0 saturated carbocycles. The first kappa shape index (κ1) is 32.7. The molecule has 10 heteroatoms. The molecule has 6 aromatic rings. The predicted octanol–water partition coefficient (Wildman–Crippen LogP) is 10.8. The van der Waals surface area contributed by atoms with E-state index in [0.29, 0.717) is 11.1 Å². The van der Waals surface area contributed by atoms with Crippen molar-refractivity contribution in [2.24, 2.45) is 0 Å². The molecule has 6 aromatic carbocycles. The normalized spacial score (nSPS) is 10.9. The fraction of sp³-hybridized carbons (Fsp3) is 0.0256. The summed E-state index contributed by atoms with van der Waals surface area (Å²) in [7, 11) is 0. The maximum absolute atomic E-state index is 15.2. The molecule has 0 unspecified atom stereocenters. The van der Waals surface area contributed by atoms with E-state index in [0.717, 1.165) is 60.7 Å². The van der Waals surface area contributed by atoms with Gasteiger partial charge in [0, 0.05) is 11.1 Å². The third-order valence-electron chi connectivity index (χ3n) is 7.94. The van der Waals surface area contributed by atoms with Gasteiger partial charge in [-0.1, -0.05) is 36.4 Å². The average Bonchev–Trinajstić information content (AvgIpc) is 3.04. The number of benzene rings is 6. The Kier molecular flexibility index (Phi) is 8.73. The van der Waals surface area contributed by atoms with Crippen molar-refractivity contribution in [2.45, 2.75) is 6.42 Å². The lowest BCUT2D eigenvalue weighted by molar-refractivity contribution is 0.587. The fourth-order valence-corrected chi connectivity index (χ4v) is 5.57. The van der Waals surface area contributed by atoms with Gasteiger partial charge >= 0.3 is 0 Å². The molecule has 49 heavy (non-hydrogen) atoms. The highest BCUT2D eigenvalue weighted by atomic mass is 19.2. The SMILES string of the molecule is N#Cc1ccc(-c2c(F)cc(-c3ccc(Cc4ccc(-c5cc(F)c(-c6ccc(C#N)c(F)c6)c(F)c5)c(F)c4)cc3F)cc2F)cc1F. The molecule has 240 valence electrons. The average molecular weight is 667 g/mol. The van der Waals surface area contributed by atoms with Crippen LogP contribution in [0.3, 0.4) is 0 Å². The second-order valence-corrected chi connectivity index (χ2v) is 11.0. The van der Waals surface area contributed by atoms with Crippen LogP contribution in [0.15, 0.2) is 97.1 Å². The van der Waals surface area contributed by atoms with Crippen molar-refractivity contribution in [2.75, 3.05) is 0 Å². The van der Waals surface area contributed by atoms with Crippen LogP contribution in [0.1, 0.15) is 22.3 Å². The molecule has 0 aliphatic rings. The molecule has 0 atom stereocenters. The summed E-state index contributed by atoms with van der Waals surface area (Å²) in [6, 6.07) is 20.9. The molecule has 0 saturated heterocycles. The third kappa shape index (κ3) is 6.37. The second kappa shape index (κ2) is 13.1. The van der Waals surface area contributed by atoms with Crippen molar-refractivity contribution in [3.8, 4) is 56.6 Å². The zero-order valence-corrected chi connectivity index (χ0v) is 24.9. The summed E-state index contributed by atoms with van der Waals surface area (Å²) in [5.41, 5.74) is -1.68. The maximum atomic E-state index is 15.2. The van der Waals surface area contributed by atoms with E-state index < -0.39 is 57.7 Å². The van der Waals surface area contributed by atoms with Crippen LogP contribution in [0.5, 0.6) is 0 Å². The third-order valence-corrected chi connectivity index (χ3v) is 7.94. The van der Waals surface area contributed by atoms with Gasteiger partial charge in [-0.15, -0.1) is 0 Å². The fourth-order valence-electron chi connectivity index (χ4n) is 5.57. The molecular weight excluding hydrogens is 648 g/mol. The summed E-state index contributed by atoms with van der Waals surface area (Å²) < 4.78 is 119. The van der Waals surface area contributed by atoms with E-state index in [2.05, 4.69) is 0 Å². The monoisotopic (exact) mass is 666 g/mol. The maximum Gasteiger partial charge on any atom is 0.141 e. The molecule has 0 aromatic heterocycles. The number of nitrogens with zero attached hydrogens (tertiary/aromatic N) is 2. The summed E-state index contributed by atoms with van der Waals surface area (Å²) in [4.78, 5) is 0. The van der Waals surface area contributed by atoms with Gasteiger partial charge in [0.15, 0.2) is 0 Å². The molecule has 2 nitrogen and oxygen atoms in total. The lowest BCUT2D eigenvalue weighted by Crippen LogP contribution is -1.97. The Labute approximate surface area is 274 Å². The van der Waals surface area contributed by atoms with E-state index in [-0.39, 0.29) is 50.9 Å². The standard InChI is InChI=1S/C39H18F8N2/c40-30-12-22(3-5-24(30)18-48)38-34(44)14-26(15-35(38)45)28-7-1-20(10-32(28)42)9-21-2-8-29(33(43)11-21)27-16-36(46)39(37(47)17-27)23-4-6-25(19-49)31(41)13-23/h1-8,10-17H,9H2. The summed E-state index contributed by atoms with van der Waals surface area (Å²) in [5.74, 6) is -7.83. The first-order valence-corrected chi connectivity index (χ1v) is 14.4. The van der Waals surface area contributed by atoms with Gasteiger partial charge in [-0.2, -0.15) is 10.5 Å². The van der Waals surface area contributed by atoms with Crippen LogP contribution in [-0.4, -0.2) is 0 Å².